The summed E-state index contributed by atoms with van der Waals surface area (Å²) in [6.07, 6.45) is 5.43. The smallest absolute Gasteiger partial charge is 0.339 e. The molecule has 2 aromatic rings. The van der Waals surface area contributed by atoms with Crippen LogP contribution in [0.25, 0.3) is 11.0 Å². The third-order valence-electron chi connectivity index (χ3n) is 5.34. The molecule has 0 radical (unpaired) electrons. The van der Waals surface area contributed by atoms with Crippen molar-refractivity contribution in [3.63, 3.8) is 0 Å². The molecule has 0 aliphatic carbocycles. The predicted octanol–water partition coefficient (Wildman–Crippen LogP) is 4.52. The van der Waals surface area contributed by atoms with Crippen molar-refractivity contribution in [2.75, 3.05) is 0 Å². The first kappa shape index (κ1) is 22.9. The van der Waals surface area contributed by atoms with Crippen LogP contribution in [0.1, 0.15) is 69.6 Å². The Morgan fingerprint density at radius 1 is 1.17 bits per heavy atom. The number of aliphatic carboxylic acids is 1. The Labute approximate surface area is 171 Å². The van der Waals surface area contributed by atoms with E-state index in [0.29, 0.717) is 29.6 Å². The van der Waals surface area contributed by atoms with Crippen LogP contribution in [0.15, 0.2) is 21.3 Å². The molecular weight excluding hydrogens is 370 g/mol. The zero-order valence-corrected chi connectivity index (χ0v) is 17.9. The van der Waals surface area contributed by atoms with Crippen LogP contribution in [0.5, 0.6) is 5.75 Å². The van der Waals surface area contributed by atoms with E-state index in [2.05, 4.69) is 12.2 Å². The standard InChI is InChI=1S/C23H33NO5/c1-5-6-7-8-9-17-15(4)16-10-11-20(25)18(21(16)29-23(17)28)13-24-19(22(26)27)12-14(2)3/h10-11,14,19,24-25H,5-9,12-13H2,1-4H3,(H,26,27)/t19-/m1/s1. The van der Waals surface area contributed by atoms with Gasteiger partial charge >= 0.3 is 11.6 Å². The third kappa shape index (κ3) is 5.82. The Hall–Kier alpha value is -2.34. The summed E-state index contributed by atoms with van der Waals surface area (Å²) in [5, 5.41) is 23.5. The average Bonchev–Trinajstić information content (AvgIpc) is 2.65. The maximum absolute atomic E-state index is 12.6. The van der Waals surface area contributed by atoms with Gasteiger partial charge in [-0.2, -0.15) is 0 Å². The van der Waals surface area contributed by atoms with Crippen molar-refractivity contribution < 1.29 is 19.4 Å². The van der Waals surface area contributed by atoms with E-state index in [1.54, 1.807) is 12.1 Å². The lowest BCUT2D eigenvalue weighted by Crippen LogP contribution is -2.37. The second kappa shape index (κ2) is 10.4. The second-order valence-electron chi connectivity index (χ2n) is 8.14. The third-order valence-corrected chi connectivity index (χ3v) is 5.34. The largest absolute Gasteiger partial charge is 0.507 e. The molecule has 0 spiro atoms. The minimum Gasteiger partial charge on any atom is -0.507 e. The summed E-state index contributed by atoms with van der Waals surface area (Å²) in [6, 6.07) is 2.59. The van der Waals surface area contributed by atoms with Gasteiger partial charge in [0.05, 0.1) is 5.56 Å². The van der Waals surface area contributed by atoms with Crippen molar-refractivity contribution in [2.45, 2.75) is 78.8 Å². The number of aryl methyl sites for hydroxylation is 1. The first-order chi connectivity index (χ1) is 13.8. The molecule has 0 aliphatic heterocycles. The molecule has 6 nitrogen and oxygen atoms in total. The van der Waals surface area contributed by atoms with Crippen molar-refractivity contribution in [2.24, 2.45) is 5.92 Å². The van der Waals surface area contributed by atoms with Gasteiger partial charge in [0.25, 0.3) is 0 Å². The summed E-state index contributed by atoms with van der Waals surface area (Å²) in [5.41, 5.74) is 1.91. The lowest BCUT2D eigenvalue weighted by Gasteiger charge is -2.18. The number of nitrogens with one attached hydrogen (secondary N) is 1. The van der Waals surface area contributed by atoms with E-state index < -0.39 is 12.0 Å². The number of hydrogen-bond acceptors (Lipinski definition) is 5. The van der Waals surface area contributed by atoms with Crippen LogP contribution in [0.4, 0.5) is 0 Å². The molecule has 0 saturated heterocycles. The minimum absolute atomic E-state index is 0.0167. The fourth-order valence-corrected chi connectivity index (χ4v) is 3.66. The first-order valence-corrected chi connectivity index (χ1v) is 10.5. The Morgan fingerprint density at radius 3 is 2.52 bits per heavy atom. The highest BCUT2D eigenvalue weighted by Gasteiger charge is 2.21. The number of carboxylic acids is 1. The summed E-state index contributed by atoms with van der Waals surface area (Å²) < 4.78 is 5.61. The van der Waals surface area contributed by atoms with Gasteiger partial charge in [-0.25, -0.2) is 4.79 Å². The number of hydrogen-bond donors (Lipinski definition) is 3. The molecule has 6 heteroatoms. The van der Waals surface area contributed by atoms with Gasteiger partial charge in [-0.05, 0) is 49.8 Å². The number of benzene rings is 1. The quantitative estimate of drug-likeness (QED) is 0.377. The Kier molecular flexibility index (Phi) is 8.26. The molecule has 1 aromatic heterocycles. The summed E-state index contributed by atoms with van der Waals surface area (Å²) in [4.78, 5) is 24.1. The summed E-state index contributed by atoms with van der Waals surface area (Å²) in [5.74, 6) is -0.748. The summed E-state index contributed by atoms with van der Waals surface area (Å²) in [6.45, 7) is 8.06. The van der Waals surface area contributed by atoms with Crippen LogP contribution >= 0.6 is 0 Å². The monoisotopic (exact) mass is 403 g/mol. The minimum atomic E-state index is -0.939. The number of aromatic hydroxyl groups is 1. The van der Waals surface area contributed by atoms with E-state index in [1.165, 1.54) is 0 Å². The van der Waals surface area contributed by atoms with E-state index in [9.17, 15) is 19.8 Å². The van der Waals surface area contributed by atoms with Crippen LogP contribution in [-0.4, -0.2) is 22.2 Å². The zero-order valence-electron chi connectivity index (χ0n) is 17.9. The number of carboxylic acid groups (broad SMARTS) is 1. The van der Waals surface area contributed by atoms with Crippen LogP contribution in [0.3, 0.4) is 0 Å². The van der Waals surface area contributed by atoms with Gasteiger partial charge in [0.15, 0.2) is 0 Å². The molecule has 1 heterocycles. The SMILES string of the molecule is CCCCCCc1c(C)c2ccc(O)c(CN[C@H](CC(C)C)C(=O)O)c2oc1=O. The Balaban J connectivity index is 2.35. The highest BCUT2D eigenvalue weighted by Crippen LogP contribution is 2.30. The Bertz CT molecular complexity index is 900. The number of phenols is 1. The average molecular weight is 404 g/mol. The molecule has 0 fully saturated rings. The maximum atomic E-state index is 12.6. The number of carbonyl (C=O) groups is 1. The summed E-state index contributed by atoms with van der Waals surface area (Å²) in [7, 11) is 0. The topological polar surface area (TPSA) is 99.8 Å². The molecular formula is C23H33NO5. The van der Waals surface area contributed by atoms with Gasteiger partial charge in [-0.15, -0.1) is 0 Å². The highest BCUT2D eigenvalue weighted by molar-refractivity contribution is 5.85. The van der Waals surface area contributed by atoms with Crippen molar-refractivity contribution in [3.05, 3.63) is 39.2 Å². The maximum Gasteiger partial charge on any atom is 0.339 e. The molecule has 0 saturated carbocycles. The van der Waals surface area contributed by atoms with Crippen molar-refractivity contribution in [1.82, 2.24) is 5.32 Å². The number of phenolic OH excluding ortho intramolecular Hbond substituents is 1. The van der Waals surface area contributed by atoms with E-state index in [4.69, 9.17) is 4.42 Å². The van der Waals surface area contributed by atoms with Crippen LogP contribution in [0.2, 0.25) is 0 Å². The number of unbranched alkanes of at least 4 members (excludes halogenated alkanes) is 3. The Morgan fingerprint density at radius 2 is 1.90 bits per heavy atom. The van der Waals surface area contributed by atoms with Crippen LogP contribution < -0.4 is 10.9 Å². The molecule has 1 atom stereocenters. The second-order valence-corrected chi connectivity index (χ2v) is 8.14. The number of rotatable bonds is 11. The van der Waals surface area contributed by atoms with Crippen molar-refractivity contribution >= 4 is 16.9 Å². The molecule has 0 amide bonds. The predicted molar refractivity (Wildman–Crippen MR) is 114 cm³/mol. The fourth-order valence-electron chi connectivity index (χ4n) is 3.66. The van der Waals surface area contributed by atoms with Gasteiger partial charge in [0, 0.05) is 17.5 Å². The molecule has 2 rings (SSSR count). The highest BCUT2D eigenvalue weighted by atomic mass is 16.4. The van der Waals surface area contributed by atoms with E-state index >= 15 is 0 Å². The van der Waals surface area contributed by atoms with E-state index in [0.717, 1.165) is 36.6 Å². The van der Waals surface area contributed by atoms with Gasteiger partial charge < -0.3 is 19.9 Å². The summed E-state index contributed by atoms with van der Waals surface area (Å²) >= 11 is 0. The van der Waals surface area contributed by atoms with E-state index in [-0.39, 0.29) is 23.8 Å². The molecule has 1 aromatic carbocycles. The van der Waals surface area contributed by atoms with Gasteiger partial charge in [-0.1, -0.05) is 40.0 Å². The number of fused-ring (bicyclic) bond motifs is 1. The normalized spacial score (nSPS) is 12.6. The zero-order chi connectivity index (χ0) is 21.6. The first-order valence-electron chi connectivity index (χ1n) is 10.5. The molecule has 0 aliphatic rings. The lowest BCUT2D eigenvalue weighted by molar-refractivity contribution is -0.140. The van der Waals surface area contributed by atoms with E-state index in [1.807, 2.05) is 20.8 Å². The lowest BCUT2D eigenvalue weighted by atomic mass is 9.98. The van der Waals surface area contributed by atoms with Crippen molar-refractivity contribution in [3.8, 4) is 5.75 Å². The van der Waals surface area contributed by atoms with Gasteiger partial charge in [0.1, 0.15) is 17.4 Å². The van der Waals surface area contributed by atoms with Gasteiger partial charge in [-0.3, -0.25) is 4.79 Å². The molecule has 29 heavy (non-hydrogen) atoms. The molecule has 0 unspecified atom stereocenters. The molecule has 160 valence electrons. The van der Waals surface area contributed by atoms with Crippen molar-refractivity contribution in [1.29, 1.82) is 0 Å². The molecule has 3 N–H and O–H groups in total. The molecule has 0 bridgehead atoms. The van der Waals surface area contributed by atoms with Crippen LogP contribution in [0, 0.1) is 12.8 Å². The fraction of sp³-hybridized carbons (Fsp3) is 0.565. The van der Waals surface area contributed by atoms with Crippen LogP contribution in [-0.2, 0) is 17.8 Å². The van der Waals surface area contributed by atoms with Gasteiger partial charge in [0.2, 0.25) is 0 Å².